The molecule has 0 unspecified atom stereocenters. The second kappa shape index (κ2) is 7.24. The number of rotatable bonds is 5. The summed E-state index contributed by atoms with van der Waals surface area (Å²) in [7, 11) is -2.35. The topological polar surface area (TPSA) is 110 Å². The molecule has 9 heteroatoms. The highest BCUT2D eigenvalue weighted by Crippen LogP contribution is 2.31. The van der Waals surface area contributed by atoms with E-state index in [4.69, 9.17) is 10.5 Å². The van der Waals surface area contributed by atoms with Crippen molar-refractivity contribution in [1.29, 1.82) is 0 Å². The van der Waals surface area contributed by atoms with Gasteiger partial charge in [0.1, 0.15) is 16.7 Å². The maximum Gasteiger partial charge on any atom is 0.254 e. The van der Waals surface area contributed by atoms with E-state index in [-0.39, 0.29) is 16.2 Å². The number of nitrogens with zero attached hydrogens (tertiary/aromatic N) is 2. The highest BCUT2D eigenvalue weighted by molar-refractivity contribution is 7.89. The summed E-state index contributed by atoms with van der Waals surface area (Å²) in [6.45, 7) is 1.34. The minimum absolute atomic E-state index is 0.0254. The predicted octanol–water partition coefficient (Wildman–Crippen LogP) is 0.570. The summed E-state index contributed by atoms with van der Waals surface area (Å²) in [4.78, 5) is 25.8. The Kier molecular flexibility index (Phi) is 5.19. The van der Waals surface area contributed by atoms with Crippen LogP contribution in [-0.2, 0) is 14.8 Å². The lowest BCUT2D eigenvalue weighted by Gasteiger charge is -2.23. The third kappa shape index (κ3) is 3.28. The van der Waals surface area contributed by atoms with Crippen LogP contribution in [0.5, 0.6) is 5.75 Å². The van der Waals surface area contributed by atoms with Gasteiger partial charge in [-0.3, -0.25) is 9.59 Å². The number of hydrogen-bond donors (Lipinski definition) is 1. The minimum Gasteiger partial charge on any atom is -0.495 e. The van der Waals surface area contributed by atoms with Crippen LogP contribution in [0.1, 0.15) is 36.0 Å². The fourth-order valence-corrected chi connectivity index (χ4v) is 5.25. The van der Waals surface area contributed by atoms with Crippen LogP contribution in [0.3, 0.4) is 0 Å². The number of methoxy groups -OCH3 is 1. The van der Waals surface area contributed by atoms with Crippen LogP contribution in [0.2, 0.25) is 0 Å². The van der Waals surface area contributed by atoms with Crippen molar-refractivity contribution in [2.45, 2.75) is 36.6 Å². The molecule has 1 aromatic rings. The Bertz CT molecular complexity index is 818. The smallest absolute Gasteiger partial charge is 0.254 e. The Hall–Kier alpha value is -2.13. The number of ether oxygens (including phenoxy) is 1. The standard InChI is InChI=1S/C17H23N3O5S/c1-25-14-7-6-12(17(22)20-10-4-5-13(20)16(18)21)11-15(14)26(23,24)19-8-2-3-9-19/h6-7,11,13H,2-5,8-10H2,1H3,(H2,18,21)/t13-/m0/s1. The summed E-state index contributed by atoms with van der Waals surface area (Å²) < 4.78 is 32.5. The van der Waals surface area contributed by atoms with Gasteiger partial charge in [0, 0.05) is 25.2 Å². The zero-order valence-electron chi connectivity index (χ0n) is 14.7. The number of primary amides is 1. The van der Waals surface area contributed by atoms with E-state index in [0.29, 0.717) is 32.5 Å². The van der Waals surface area contributed by atoms with Gasteiger partial charge >= 0.3 is 0 Å². The molecule has 2 aliphatic heterocycles. The molecule has 0 aromatic heterocycles. The van der Waals surface area contributed by atoms with Crippen LogP contribution >= 0.6 is 0 Å². The van der Waals surface area contributed by atoms with Crippen LogP contribution in [0.25, 0.3) is 0 Å². The number of likely N-dealkylation sites (tertiary alicyclic amines) is 1. The molecular weight excluding hydrogens is 358 g/mol. The van der Waals surface area contributed by atoms with E-state index in [0.717, 1.165) is 12.8 Å². The Morgan fingerprint density at radius 3 is 2.46 bits per heavy atom. The number of benzene rings is 1. The van der Waals surface area contributed by atoms with Crippen LogP contribution in [0.4, 0.5) is 0 Å². The Labute approximate surface area is 152 Å². The maximum atomic E-state index is 12.9. The molecular formula is C17H23N3O5S. The molecule has 2 N–H and O–H groups in total. The van der Waals surface area contributed by atoms with Crippen LogP contribution in [0, 0.1) is 0 Å². The second-order valence-electron chi connectivity index (χ2n) is 6.54. The van der Waals surface area contributed by atoms with Crippen LogP contribution < -0.4 is 10.5 Å². The van der Waals surface area contributed by atoms with Crippen molar-refractivity contribution in [3.05, 3.63) is 23.8 Å². The first-order valence-corrected chi connectivity index (χ1v) is 10.1. The van der Waals surface area contributed by atoms with E-state index in [1.807, 2.05) is 0 Å². The van der Waals surface area contributed by atoms with Crippen molar-refractivity contribution < 1.29 is 22.7 Å². The lowest BCUT2D eigenvalue weighted by Crippen LogP contribution is -2.43. The summed E-state index contributed by atoms with van der Waals surface area (Å²) in [6, 6.07) is 3.68. The number of hydrogen-bond acceptors (Lipinski definition) is 5. The van der Waals surface area contributed by atoms with Gasteiger partial charge in [-0.15, -0.1) is 0 Å². The molecule has 0 aliphatic carbocycles. The van der Waals surface area contributed by atoms with E-state index < -0.39 is 27.9 Å². The second-order valence-corrected chi connectivity index (χ2v) is 8.44. The van der Waals surface area contributed by atoms with Crippen molar-refractivity contribution in [1.82, 2.24) is 9.21 Å². The van der Waals surface area contributed by atoms with E-state index >= 15 is 0 Å². The third-order valence-electron chi connectivity index (χ3n) is 4.94. The fourth-order valence-electron chi connectivity index (χ4n) is 3.55. The van der Waals surface area contributed by atoms with Gasteiger partial charge in [-0.25, -0.2) is 8.42 Å². The minimum atomic E-state index is -3.74. The third-order valence-corrected chi connectivity index (χ3v) is 6.86. The normalized spacial score (nSPS) is 21.1. The zero-order valence-corrected chi connectivity index (χ0v) is 15.5. The first kappa shape index (κ1) is 18.7. The molecule has 0 radical (unpaired) electrons. The summed E-state index contributed by atoms with van der Waals surface area (Å²) in [5.41, 5.74) is 5.58. The lowest BCUT2D eigenvalue weighted by atomic mass is 10.1. The van der Waals surface area contributed by atoms with E-state index in [1.165, 1.54) is 34.5 Å². The Balaban J connectivity index is 1.97. The molecule has 0 bridgehead atoms. The molecule has 1 atom stereocenters. The molecule has 142 valence electrons. The number of sulfonamides is 1. The summed E-state index contributed by atoms with van der Waals surface area (Å²) in [6.07, 6.45) is 2.84. The number of carbonyl (C=O) groups is 2. The van der Waals surface area contributed by atoms with Crippen LogP contribution in [-0.4, -0.2) is 62.2 Å². The van der Waals surface area contributed by atoms with E-state index in [9.17, 15) is 18.0 Å². The maximum absolute atomic E-state index is 12.9. The van der Waals surface area contributed by atoms with Gasteiger partial charge < -0.3 is 15.4 Å². The number of amides is 2. The largest absolute Gasteiger partial charge is 0.495 e. The van der Waals surface area contributed by atoms with E-state index in [2.05, 4.69) is 0 Å². The highest BCUT2D eigenvalue weighted by atomic mass is 32.2. The summed E-state index contributed by atoms with van der Waals surface area (Å²) in [5.74, 6) is -0.748. The molecule has 2 amide bonds. The van der Waals surface area contributed by atoms with Gasteiger partial charge in [0.25, 0.3) is 5.91 Å². The molecule has 0 spiro atoms. The Morgan fingerprint density at radius 2 is 1.85 bits per heavy atom. The van der Waals surface area contributed by atoms with Crippen molar-refractivity contribution in [3.63, 3.8) is 0 Å². The molecule has 0 saturated carbocycles. The fraction of sp³-hybridized carbons (Fsp3) is 0.529. The predicted molar refractivity (Wildman–Crippen MR) is 94.2 cm³/mol. The molecule has 1 aromatic carbocycles. The van der Waals surface area contributed by atoms with Crippen molar-refractivity contribution >= 4 is 21.8 Å². The van der Waals surface area contributed by atoms with Gasteiger partial charge in [0.05, 0.1) is 7.11 Å². The average molecular weight is 381 g/mol. The van der Waals surface area contributed by atoms with E-state index in [1.54, 1.807) is 0 Å². The van der Waals surface area contributed by atoms with Crippen molar-refractivity contribution in [2.75, 3.05) is 26.7 Å². The number of carbonyl (C=O) groups excluding carboxylic acids is 2. The zero-order chi connectivity index (χ0) is 18.9. The van der Waals surface area contributed by atoms with Gasteiger partial charge in [0.15, 0.2) is 0 Å². The van der Waals surface area contributed by atoms with Gasteiger partial charge in [-0.05, 0) is 43.9 Å². The van der Waals surface area contributed by atoms with Crippen molar-refractivity contribution in [3.8, 4) is 5.75 Å². The quantitative estimate of drug-likeness (QED) is 0.802. The lowest BCUT2D eigenvalue weighted by molar-refractivity contribution is -0.121. The van der Waals surface area contributed by atoms with Crippen molar-refractivity contribution in [2.24, 2.45) is 5.73 Å². The monoisotopic (exact) mass is 381 g/mol. The molecule has 2 saturated heterocycles. The highest BCUT2D eigenvalue weighted by Gasteiger charge is 2.35. The molecule has 2 heterocycles. The summed E-state index contributed by atoms with van der Waals surface area (Å²) in [5, 5.41) is 0. The van der Waals surface area contributed by atoms with Gasteiger partial charge in [0.2, 0.25) is 15.9 Å². The summed E-state index contributed by atoms with van der Waals surface area (Å²) >= 11 is 0. The van der Waals surface area contributed by atoms with Gasteiger partial charge in [-0.2, -0.15) is 4.31 Å². The molecule has 26 heavy (non-hydrogen) atoms. The number of nitrogens with two attached hydrogens (primary N) is 1. The first-order chi connectivity index (χ1) is 12.4. The van der Waals surface area contributed by atoms with Crippen LogP contribution in [0.15, 0.2) is 23.1 Å². The SMILES string of the molecule is COc1ccc(C(=O)N2CCC[C@H]2C(N)=O)cc1S(=O)(=O)N1CCCC1. The molecule has 3 rings (SSSR count). The molecule has 2 fully saturated rings. The average Bonchev–Trinajstić information content (AvgIpc) is 3.32. The Morgan fingerprint density at radius 1 is 1.15 bits per heavy atom. The molecule has 8 nitrogen and oxygen atoms in total. The van der Waals surface area contributed by atoms with Gasteiger partial charge in [-0.1, -0.05) is 0 Å². The molecule has 2 aliphatic rings. The first-order valence-electron chi connectivity index (χ1n) is 8.64.